The van der Waals surface area contributed by atoms with E-state index in [0.29, 0.717) is 0 Å². The quantitative estimate of drug-likeness (QED) is 0.752. The molecule has 2 heterocycles. The lowest BCUT2D eigenvalue weighted by atomic mass is 10.0. The van der Waals surface area contributed by atoms with Crippen LogP contribution < -0.4 is 0 Å². The fraction of sp³-hybridized carbons (Fsp3) is 0.520. The van der Waals surface area contributed by atoms with Gasteiger partial charge in [0.1, 0.15) is 0 Å². The van der Waals surface area contributed by atoms with Crippen molar-refractivity contribution < 1.29 is 0 Å². The maximum atomic E-state index is 2.76. The number of piperidine rings is 1. The third-order valence-corrected chi connectivity index (χ3v) is 6.57. The molecule has 2 saturated heterocycles. The fourth-order valence-corrected chi connectivity index (χ4v) is 4.71. The highest BCUT2D eigenvalue weighted by atomic mass is 15.3. The van der Waals surface area contributed by atoms with Crippen molar-refractivity contribution in [3.05, 3.63) is 71.3 Å². The lowest BCUT2D eigenvalue weighted by Crippen LogP contribution is -2.52. The van der Waals surface area contributed by atoms with Gasteiger partial charge in [0.15, 0.2) is 0 Å². The van der Waals surface area contributed by atoms with E-state index in [4.69, 9.17) is 0 Å². The van der Waals surface area contributed by atoms with E-state index in [-0.39, 0.29) is 0 Å². The van der Waals surface area contributed by atoms with Gasteiger partial charge < -0.3 is 0 Å². The van der Waals surface area contributed by atoms with E-state index in [1.54, 1.807) is 0 Å². The molecule has 2 aromatic rings. The minimum absolute atomic E-state index is 0.790. The summed E-state index contributed by atoms with van der Waals surface area (Å²) in [6, 6.07) is 20.9. The normalized spacial score (nSPS) is 20.5. The van der Waals surface area contributed by atoms with Crippen LogP contribution in [-0.2, 0) is 19.5 Å². The van der Waals surface area contributed by atoms with Gasteiger partial charge in [-0.1, -0.05) is 61.5 Å². The number of rotatable bonds is 6. The number of nitrogens with zero attached hydrogens (tertiary/aromatic N) is 3. The molecule has 3 nitrogen and oxygen atoms in total. The first kappa shape index (κ1) is 19.6. The molecule has 4 rings (SSSR count). The molecule has 2 fully saturated rings. The maximum Gasteiger partial charge on any atom is 0.0234 e. The molecule has 2 aromatic carbocycles. The van der Waals surface area contributed by atoms with Crippen LogP contribution in [0.3, 0.4) is 0 Å². The summed E-state index contributed by atoms with van der Waals surface area (Å²) in [5.74, 6) is 0. The van der Waals surface area contributed by atoms with Crippen LogP contribution in [0.1, 0.15) is 36.5 Å². The van der Waals surface area contributed by atoms with Gasteiger partial charge in [-0.05, 0) is 49.0 Å². The Morgan fingerprint density at radius 2 is 1.18 bits per heavy atom. The summed E-state index contributed by atoms with van der Waals surface area (Å²) < 4.78 is 0. The van der Waals surface area contributed by atoms with Crippen molar-refractivity contribution in [2.45, 2.75) is 45.3 Å². The standard InChI is InChI=1S/C25H35N3/c1-2-22-8-10-24(11-9-22)21-27-16-18-28(19-17-27)25-12-14-26(15-13-25)20-23-6-4-3-5-7-23/h3-11,25H,2,12-21H2,1H3. The predicted octanol–water partition coefficient (Wildman–Crippen LogP) is 4.03. The summed E-state index contributed by atoms with van der Waals surface area (Å²) in [6.07, 6.45) is 3.78. The fourth-order valence-electron chi connectivity index (χ4n) is 4.71. The van der Waals surface area contributed by atoms with Gasteiger partial charge in [-0.25, -0.2) is 0 Å². The summed E-state index contributed by atoms with van der Waals surface area (Å²) in [5, 5.41) is 0. The highest BCUT2D eigenvalue weighted by Crippen LogP contribution is 2.20. The largest absolute Gasteiger partial charge is 0.299 e. The molecular weight excluding hydrogens is 342 g/mol. The second-order valence-electron chi connectivity index (χ2n) is 8.48. The molecule has 0 saturated carbocycles. The third-order valence-electron chi connectivity index (χ3n) is 6.57. The first-order valence-corrected chi connectivity index (χ1v) is 11.1. The van der Waals surface area contributed by atoms with Crippen LogP contribution in [0.4, 0.5) is 0 Å². The van der Waals surface area contributed by atoms with E-state index in [0.717, 1.165) is 25.6 Å². The van der Waals surface area contributed by atoms with Crippen molar-refractivity contribution >= 4 is 0 Å². The second-order valence-corrected chi connectivity index (χ2v) is 8.48. The molecule has 0 spiro atoms. The molecule has 0 bridgehead atoms. The summed E-state index contributed by atoms with van der Waals surface area (Å²) in [6.45, 7) is 11.8. The Morgan fingerprint density at radius 3 is 1.79 bits per heavy atom. The van der Waals surface area contributed by atoms with E-state index in [1.807, 2.05) is 0 Å². The lowest BCUT2D eigenvalue weighted by molar-refractivity contribution is 0.0550. The summed E-state index contributed by atoms with van der Waals surface area (Å²) in [4.78, 5) is 8.01. The third kappa shape index (κ3) is 5.22. The first-order chi connectivity index (χ1) is 13.8. The molecule has 0 radical (unpaired) electrons. The van der Waals surface area contributed by atoms with Gasteiger partial charge in [-0.15, -0.1) is 0 Å². The van der Waals surface area contributed by atoms with Crippen LogP contribution >= 0.6 is 0 Å². The molecule has 2 aliphatic rings. The van der Waals surface area contributed by atoms with Crippen molar-refractivity contribution in [3.63, 3.8) is 0 Å². The van der Waals surface area contributed by atoms with E-state index in [2.05, 4.69) is 76.2 Å². The number of hydrogen-bond acceptors (Lipinski definition) is 3. The zero-order valence-corrected chi connectivity index (χ0v) is 17.4. The Kier molecular flexibility index (Phi) is 6.79. The Hall–Kier alpha value is -1.68. The smallest absolute Gasteiger partial charge is 0.0234 e. The average Bonchev–Trinajstić information content (AvgIpc) is 2.76. The van der Waals surface area contributed by atoms with Gasteiger partial charge in [0, 0.05) is 45.3 Å². The molecular formula is C25H35N3. The Balaban J connectivity index is 1.19. The lowest BCUT2D eigenvalue weighted by Gasteiger charge is -2.43. The number of likely N-dealkylation sites (tertiary alicyclic amines) is 1. The average molecular weight is 378 g/mol. The zero-order valence-electron chi connectivity index (χ0n) is 17.4. The molecule has 3 heteroatoms. The minimum Gasteiger partial charge on any atom is -0.299 e. The van der Waals surface area contributed by atoms with E-state index >= 15 is 0 Å². The minimum atomic E-state index is 0.790. The van der Waals surface area contributed by atoms with Crippen molar-refractivity contribution in [2.24, 2.45) is 0 Å². The molecule has 0 N–H and O–H groups in total. The van der Waals surface area contributed by atoms with E-state index < -0.39 is 0 Å². The van der Waals surface area contributed by atoms with E-state index in [9.17, 15) is 0 Å². The Labute approximate surface area is 171 Å². The summed E-state index contributed by atoms with van der Waals surface area (Å²) in [5.41, 5.74) is 4.34. The van der Waals surface area contributed by atoms with Crippen LogP contribution in [0.5, 0.6) is 0 Å². The van der Waals surface area contributed by atoms with Gasteiger partial charge in [-0.3, -0.25) is 14.7 Å². The van der Waals surface area contributed by atoms with Crippen LogP contribution in [0.25, 0.3) is 0 Å². The monoisotopic (exact) mass is 377 g/mol. The zero-order chi connectivity index (χ0) is 19.2. The number of hydrogen-bond donors (Lipinski definition) is 0. The SMILES string of the molecule is CCc1ccc(CN2CCN(C3CCN(Cc4ccccc4)CC3)CC2)cc1. The van der Waals surface area contributed by atoms with E-state index in [1.165, 1.54) is 68.8 Å². The van der Waals surface area contributed by atoms with Gasteiger partial charge in [-0.2, -0.15) is 0 Å². The van der Waals surface area contributed by atoms with Crippen molar-refractivity contribution in [1.82, 2.24) is 14.7 Å². The molecule has 0 aromatic heterocycles. The number of piperazine rings is 1. The highest BCUT2D eigenvalue weighted by Gasteiger charge is 2.27. The number of benzene rings is 2. The Morgan fingerprint density at radius 1 is 0.643 bits per heavy atom. The van der Waals surface area contributed by atoms with Gasteiger partial charge >= 0.3 is 0 Å². The van der Waals surface area contributed by atoms with Gasteiger partial charge in [0.05, 0.1) is 0 Å². The van der Waals surface area contributed by atoms with Crippen LogP contribution in [0.2, 0.25) is 0 Å². The van der Waals surface area contributed by atoms with Crippen LogP contribution in [-0.4, -0.2) is 60.0 Å². The molecule has 2 aliphatic heterocycles. The molecule has 0 atom stereocenters. The summed E-state index contributed by atoms with van der Waals surface area (Å²) >= 11 is 0. The van der Waals surface area contributed by atoms with Crippen molar-refractivity contribution in [3.8, 4) is 0 Å². The molecule has 0 aliphatic carbocycles. The maximum absolute atomic E-state index is 2.76. The topological polar surface area (TPSA) is 9.72 Å². The first-order valence-electron chi connectivity index (χ1n) is 11.1. The molecule has 28 heavy (non-hydrogen) atoms. The van der Waals surface area contributed by atoms with Crippen molar-refractivity contribution in [1.29, 1.82) is 0 Å². The molecule has 0 unspecified atom stereocenters. The number of aryl methyl sites for hydroxylation is 1. The summed E-state index contributed by atoms with van der Waals surface area (Å²) in [7, 11) is 0. The predicted molar refractivity (Wildman–Crippen MR) is 117 cm³/mol. The van der Waals surface area contributed by atoms with Gasteiger partial charge in [0.2, 0.25) is 0 Å². The van der Waals surface area contributed by atoms with Crippen LogP contribution in [0.15, 0.2) is 54.6 Å². The highest BCUT2D eigenvalue weighted by molar-refractivity contribution is 5.22. The van der Waals surface area contributed by atoms with Gasteiger partial charge in [0.25, 0.3) is 0 Å². The second kappa shape index (κ2) is 9.69. The van der Waals surface area contributed by atoms with Crippen LogP contribution in [0, 0.1) is 0 Å². The molecule has 0 amide bonds. The molecule has 150 valence electrons. The Bertz CT molecular complexity index is 696. The van der Waals surface area contributed by atoms with Crippen molar-refractivity contribution in [2.75, 3.05) is 39.3 Å².